The number of fused-ring (bicyclic) bond motifs is 1. The smallest absolute Gasteiger partial charge is 0.226 e. The van der Waals surface area contributed by atoms with E-state index in [0.717, 1.165) is 17.6 Å². The van der Waals surface area contributed by atoms with E-state index in [9.17, 15) is 0 Å². The van der Waals surface area contributed by atoms with Crippen LogP contribution >= 0.6 is 0 Å². The SMILES string of the molecule is Cn1ncc2c(N)nc(NCC3(c4ccccc4)CCCC3)nc21. The van der Waals surface area contributed by atoms with Crippen LogP contribution in [-0.4, -0.2) is 26.3 Å². The number of benzene rings is 1. The maximum absolute atomic E-state index is 6.05. The van der Waals surface area contributed by atoms with Crippen LogP contribution in [0.15, 0.2) is 36.5 Å². The molecule has 2 heterocycles. The summed E-state index contributed by atoms with van der Waals surface area (Å²) in [4.78, 5) is 8.98. The predicted octanol–water partition coefficient (Wildman–Crippen LogP) is 2.87. The molecule has 24 heavy (non-hydrogen) atoms. The van der Waals surface area contributed by atoms with Crippen LogP contribution in [0.25, 0.3) is 11.0 Å². The molecule has 3 aromatic rings. The van der Waals surface area contributed by atoms with Crippen molar-refractivity contribution in [1.82, 2.24) is 19.7 Å². The Labute approximate surface area is 141 Å². The summed E-state index contributed by atoms with van der Waals surface area (Å²) in [5.41, 5.74) is 8.36. The lowest BCUT2D eigenvalue weighted by atomic mass is 9.79. The highest BCUT2D eigenvalue weighted by molar-refractivity contribution is 5.86. The minimum absolute atomic E-state index is 0.154. The van der Waals surface area contributed by atoms with Crippen molar-refractivity contribution in [3.8, 4) is 0 Å². The number of nitrogens with zero attached hydrogens (tertiary/aromatic N) is 4. The highest BCUT2D eigenvalue weighted by Crippen LogP contribution is 2.41. The summed E-state index contributed by atoms with van der Waals surface area (Å²) in [5.74, 6) is 1.04. The molecular weight excluding hydrogens is 300 g/mol. The summed E-state index contributed by atoms with van der Waals surface area (Å²) < 4.78 is 1.72. The molecule has 1 fully saturated rings. The molecule has 2 aromatic heterocycles. The van der Waals surface area contributed by atoms with E-state index in [1.807, 2.05) is 7.05 Å². The molecule has 1 aliphatic rings. The molecule has 6 nitrogen and oxygen atoms in total. The van der Waals surface area contributed by atoms with Gasteiger partial charge in [-0.25, -0.2) is 0 Å². The second-order valence-corrected chi connectivity index (χ2v) is 6.64. The molecule has 1 saturated carbocycles. The maximum atomic E-state index is 6.05. The summed E-state index contributed by atoms with van der Waals surface area (Å²) in [5, 5.41) is 8.43. The fourth-order valence-electron chi connectivity index (χ4n) is 3.78. The minimum Gasteiger partial charge on any atom is -0.383 e. The number of nitrogen functional groups attached to an aromatic ring is 1. The van der Waals surface area contributed by atoms with E-state index in [1.54, 1.807) is 10.9 Å². The van der Waals surface area contributed by atoms with Crippen molar-refractivity contribution < 1.29 is 0 Å². The van der Waals surface area contributed by atoms with Crippen molar-refractivity contribution in [1.29, 1.82) is 0 Å². The fourth-order valence-corrected chi connectivity index (χ4v) is 3.78. The number of nitrogens with two attached hydrogens (primary N) is 1. The van der Waals surface area contributed by atoms with Gasteiger partial charge in [-0.2, -0.15) is 15.1 Å². The molecule has 1 aliphatic carbocycles. The number of hydrogen-bond acceptors (Lipinski definition) is 5. The Morgan fingerprint density at radius 1 is 1.17 bits per heavy atom. The Balaban J connectivity index is 1.62. The van der Waals surface area contributed by atoms with E-state index in [2.05, 4.69) is 50.7 Å². The Hall–Kier alpha value is -2.63. The van der Waals surface area contributed by atoms with Gasteiger partial charge < -0.3 is 11.1 Å². The lowest BCUT2D eigenvalue weighted by molar-refractivity contribution is 0.466. The molecule has 4 rings (SSSR count). The molecule has 0 spiro atoms. The van der Waals surface area contributed by atoms with Gasteiger partial charge in [-0.15, -0.1) is 0 Å². The zero-order chi connectivity index (χ0) is 16.6. The topological polar surface area (TPSA) is 81.7 Å². The Morgan fingerprint density at radius 2 is 1.92 bits per heavy atom. The van der Waals surface area contributed by atoms with E-state index in [1.165, 1.54) is 31.2 Å². The van der Waals surface area contributed by atoms with Crippen molar-refractivity contribution in [2.75, 3.05) is 17.6 Å². The maximum Gasteiger partial charge on any atom is 0.226 e. The van der Waals surface area contributed by atoms with E-state index < -0.39 is 0 Å². The summed E-state index contributed by atoms with van der Waals surface area (Å²) in [6.45, 7) is 0.819. The van der Waals surface area contributed by atoms with E-state index >= 15 is 0 Å². The largest absolute Gasteiger partial charge is 0.383 e. The highest BCUT2D eigenvalue weighted by Gasteiger charge is 2.35. The van der Waals surface area contributed by atoms with Gasteiger partial charge in [-0.3, -0.25) is 4.68 Å². The molecule has 0 saturated heterocycles. The van der Waals surface area contributed by atoms with Gasteiger partial charge in [0.15, 0.2) is 5.65 Å². The molecule has 0 atom stereocenters. The van der Waals surface area contributed by atoms with Crippen molar-refractivity contribution in [2.24, 2.45) is 7.05 Å². The molecule has 0 unspecified atom stereocenters. The number of hydrogen-bond donors (Lipinski definition) is 2. The first-order chi connectivity index (χ1) is 11.7. The van der Waals surface area contributed by atoms with E-state index in [4.69, 9.17) is 5.73 Å². The Morgan fingerprint density at radius 3 is 2.67 bits per heavy atom. The van der Waals surface area contributed by atoms with Crippen LogP contribution in [0.3, 0.4) is 0 Å². The molecule has 0 aliphatic heterocycles. The zero-order valence-corrected chi connectivity index (χ0v) is 13.9. The van der Waals surface area contributed by atoms with Crippen molar-refractivity contribution in [2.45, 2.75) is 31.1 Å². The number of rotatable bonds is 4. The average Bonchev–Trinajstić information content (AvgIpc) is 3.23. The fraction of sp³-hybridized carbons (Fsp3) is 0.389. The van der Waals surface area contributed by atoms with Crippen LogP contribution in [0, 0.1) is 0 Å². The molecular formula is C18H22N6. The van der Waals surface area contributed by atoms with Crippen molar-refractivity contribution >= 4 is 22.8 Å². The molecule has 0 radical (unpaired) electrons. The normalized spacial score (nSPS) is 16.5. The lowest BCUT2D eigenvalue weighted by Gasteiger charge is -2.30. The zero-order valence-electron chi connectivity index (χ0n) is 13.9. The van der Waals surface area contributed by atoms with Crippen molar-refractivity contribution in [3.05, 3.63) is 42.1 Å². The van der Waals surface area contributed by atoms with Gasteiger partial charge in [0.25, 0.3) is 0 Å². The van der Waals surface area contributed by atoms with Gasteiger partial charge in [0.05, 0.1) is 11.6 Å². The lowest BCUT2D eigenvalue weighted by Crippen LogP contribution is -2.32. The Bertz CT molecular complexity index is 849. The van der Waals surface area contributed by atoms with Gasteiger partial charge in [-0.05, 0) is 18.4 Å². The molecule has 6 heteroatoms. The highest BCUT2D eigenvalue weighted by atomic mass is 15.3. The molecule has 3 N–H and O–H groups in total. The van der Waals surface area contributed by atoms with Crippen LogP contribution in [-0.2, 0) is 12.5 Å². The summed E-state index contributed by atoms with van der Waals surface area (Å²) in [6.07, 6.45) is 6.61. The molecule has 0 bridgehead atoms. The average molecular weight is 322 g/mol. The monoisotopic (exact) mass is 322 g/mol. The van der Waals surface area contributed by atoms with Crippen LogP contribution in [0.4, 0.5) is 11.8 Å². The van der Waals surface area contributed by atoms with E-state index in [0.29, 0.717) is 11.8 Å². The number of aryl methyl sites for hydroxylation is 1. The Kier molecular flexibility index (Phi) is 3.59. The van der Waals surface area contributed by atoms with Gasteiger partial charge >= 0.3 is 0 Å². The first-order valence-corrected chi connectivity index (χ1v) is 8.43. The molecule has 124 valence electrons. The van der Waals surface area contributed by atoms with Gasteiger partial charge in [-0.1, -0.05) is 43.2 Å². The number of aromatic nitrogens is 4. The van der Waals surface area contributed by atoms with Crippen LogP contribution in [0.1, 0.15) is 31.2 Å². The summed E-state index contributed by atoms with van der Waals surface area (Å²) >= 11 is 0. The van der Waals surface area contributed by atoms with Gasteiger partial charge in [0.1, 0.15) is 5.82 Å². The molecule has 0 amide bonds. The van der Waals surface area contributed by atoms with Crippen LogP contribution < -0.4 is 11.1 Å². The van der Waals surface area contributed by atoms with E-state index in [-0.39, 0.29) is 5.41 Å². The van der Waals surface area contributed by atoms with Gasteiger partial charge in [0, 0.05) is 19.0 Å². The number of anilines is 2. The first-order valence-electron chi connectivity index (χ1n) is 8.43. The van der Waals surface area contributed by atoms with Crippen LogP contribution in [0.2, 0.25) is 0 Å². The van der Waals surface area contributed by atoms with Crippen LogP contribution in [0.5, 0.6) is 0 Å². The minimum atomic E-state index is 0.154. The third-order valence-electron chi connectivity index (χ3n) is 5.15. The molecule has 1 aromatic carbocycles. The quantitative estimate of drug-likeness (QED) is 0.772. The second-order valence-electron chi connectivity index (χ2n) is 6.64. The first kappa shape index (κ1) is 14.9. The van der Waals surface area contributed by atoms with Crippen molar-refractivity contribution in [3.63, 3.8) is 0 Å². The standard InChI is InChI=1S/C18H22N6/c1-24-16-14(11-21-24)15(19)22-17(23-16)20-12-18(9-5-6-10-18)13-7-3-2-4-8-13/h2-4,7-8,11H,5-6,9-10,12H2,1H3,(H3,19,20,22,23). The number of nitrogens with one attached hydrogen (secondary N) is 1. The van der Waals surface area contributed by atoms with Gasteiger partial charge in [0.2, 0.25) is 5.95 Å². The summed E-state index contributed by atoms with van der Waals surface area (Å²) in [6, 6.07) is 10.8. The third kappa shape index (κ3) is 2.48. The second kappa shape index (κ2) is 5.78. The predicted molar refractivity (Wildman–Crippen MR) is 95.8 cm³/mol. The third-order valence-corrected chi connectivity index (χ3v) is 5.15. The summed E-state index contributed by atoms with van der Waals surface area (Å²) in [7, 11) is 1.86.